The first-order valence-electron chi connectivity index (χ1n) is 7.82. The molecule has 0 bridgehead atoms. The van der Waals surface area contributed by atoms with Gasteiger partial charge in [-0.05, 0) is 26.2 Å². The molecule has 0 saturated carbocycles. The molecule has 6 heteroatoms. The van der Waals surface area contributed by atoms with Crippen molar-refractivity contribution in [2.75, 3.05) is 13.1 Å². The van der Waals surface area contributed by atoms with Gasteiger partial charge in [0.05, 0.1) is 12.4 Å². The first-order valence-corrected chi connectivity index (χ1v) is 7.82. The van der Waals surface area contributed by atoms with E-state index < -0.39 is 0 Å². The lowest BCUT2D eigenvalue weighted by Gasteiger charge is -2.34. The van der Waals surface area contributed by atoms with Crippen LogP contribution in [0.15, 0.2) is 23.2 Å². The molecule has 0 amide bonds. The molecule has 1 saturated heterocycles. The highest BCUT2D eigenvalue weighted by molar-refractivity contribution is 4.94. The zero-order chi connectivity index (χ0) is 14.7. The molecule has 1 atom stereocenters. The number of rotatable bonds is 5. The molecule has 21 heavy (non-hydrogen) atoms. The molecular weight excluding hydrogens is 266 g/mol. The van der Waals surface area contributed by atoms with E-state index in [-0.39, 0.29) is 6.04 Å². The molecule has 1 fully saturated rings. The van der Waals surface area contributed by atoms with Gasteiger partial charge < -0.3 is 9.09 Å². The molecule has 2 aromatic rings. The summed E-state index contributed by atoms with van der Waals surface area (Å²) in [6.07, 6.45) is 10.0. The fourth-order valence-corrected chi connectivity index (χ4v) is 2.98. The SMILES string of the molecule is CCCc1noc([C@H](C)N2CCC(n3ccnc3)CC2)n1. The Bertz CT molecular complexity index is 542. The fourth-order valence-electron chi connectivity index (χ4n) is 2.98. The molecule has 0 aromatic carbocycles. The largest absolute Gasteiger partial charge is 0.338 e. The van der Waals surface area contributed by atoms with Gasteiger partial charge in [-0.1, -0.05) is 12.1 Å². The van der Waals surface area contributed by atoms with Crippen LogP contribution in [0.2, 0.25) is 0 Å². The molecule has 0 unspecified atom stereocenters. The number of aromatic nitrogens is 4. The van der Waals surface area contributed by atoms with Crippen LogP contribution in [0.5, 0.6) is 0 Å². The van der Waals surface area contributed by atoms with E-state index in [4.69, 9.17) is 4.52 Å². The van der Waals surface area contributed by atoms with E-state index in [0.717, 1.165) is 50.5 Å². The summed E-state index contributed by atoms with van der Waals surface area (Å²) in [5.41, 5.74) is 0. The van der Waals surface area contributed by atoms with Crippen molar-refractivity contribution in [2.45, 2.75) is 51.6 Å². The van der Waals surface area contributed by atoms with Gasteiger partial charge in [-0.2, -0.15) is 4.98 Å². The Kier molecular flexibility index (Phi) is 4.34. The fraction of sp³-hybridized carbons (Fsp3) is 0.667. The lowest BCUT2D eigenvalue weighted by molar-refractivity contribution is 0.122. The third kappa shape index (κ3) is 3.15. The van der Waals surface area contributed by atoms with Crippen molar-refractivity contribution in [3.8, 4) is 0 Å². The summed E-state index contributed by atoms with van der Waals surface area (Å²) >= 11 is 0. The van der Waals surface area contributed by atoms with Crippen LogP contribution in [0.4, 0.5) is 0 Å². The minimum atomic E-state index is 0.201. The number of likely N-dealkylation sites (tertiary alicyclic amines) is 1. The number of piperidine rings is 1. The zero-order valence-electron chi connectivity index (χ0n) is 12.8. The van der Waals surface area contributed by atoms with Crippen molar-refractivity contribution in [1.82, 2.24) is 24.6 Å². The Balaban J connectivity index is 1.58. The number of imidazole rings is 1. The van der Waals surface area contributed by atoms with Gasteiger partial charge in [0.2, 0.25) is 5.89 Å². The van der Waals surface area contributed by atoms with Gasteiger partial charge in [0.25, 0.3) is 0 Å². The van der Waals surface area contributed by atoms with Gasteiger partial charge in [-0.3, -0.25) is 4.90 Å². The molecule has 2 aromatic heterocycles. The first kappa shape index (κ1) is 14.3. The Morgan fingerprint density at radius 3 is 2.86 bits per heavy atom. The summed E-state index contributed by atoms with van der Waals surface area (Å²) in [5.74, 6) is 1.58. The summed E-state index contributed by atoms with van der Waals surface area (Å²) in [4.78, 5) is 11.1. The van der Waals surface area contributed by atoms with E-state index in [9.17, 15) is 0 Å². The molecular formula is C15H23N5O. The predicted octanol–water partition coefficient (Wildman–Crippen LogP) is 2.62. The van der Waals surface area contributed by atoms with E-state index in [1.54, 1.807) is 0 Å². The minimum absolute atomic E-state index is 0.201. The Labute approximate surface area is 125 Å². The van der Waals surface area contributed by atoms with Gasteiger partial charge in [0.15, 0.2) is 5.82 Å². The summed E-state index contributed by atoms with van der Waals surface area (Å²) in [7, 11) is 0. The van der Waals surface area contributed by atoms with Gasteiger partial charge in [-0.15, -0.1) is 0 Å². The quantitative estimate of drug-likeness (QED) is 0.846. The van der Waals surface area contributed by atoms with Crippen LogP contribution >= 0.6 is 0 Å². The van der Waals surface area contributed by atoms with Crippen LogP contribution in [-0.2, 0) is 6.42 Å². The smallest absolute Gasteiger partial charge is 0.243 e. The monoisotopic (exact) mass is 289 g/mol. The van der Waals surface area contributed by atoms with Gasteiger partial charge in [0.1, 0.15) is 0 Å². The Morgan fingerprint density at radius 1 is 1.38 bits per heavy atom. The standard InChI is InChI=1S/C15H23N5O/c1-3-4-14-17-15(21-18-14)12(2)19-8-5-13(6-9-19)20-10-7-16-11-20/h7,10-13H,3-6,8-9H2,1-2H3/t12-/m0/s1. The average molecular weight is 289 g/mol. The minimum Gasteiger partial charge on any atom is -0.338 e. The second kappa shape index (κ2) is 6.39. The highest BCUT2D eigenvalue weighted by Gasteiger charge is 2.27. The molecule has 0 radical (unpaired) electrons. The van der Waals surface area contributed by atoms with Gasteiger partial charge >= 0.3 is 0 Å². The van der Waals surface area contributed by atoms with Crippen molar-refractivity contribution >= 4 is 0 Å². The second-order valence-corrected chi connectivity index (χ2v) is 5.75. The summed E-state index contributed by atoms with van der Waals surface area (Å²) in [5, 5.41) is 4.05. The van der Waals surface area contributed by atoms with Crippen molar-refractivity contribution < 1.29 is 4.52 Å². The van der Waals surface area contributed by atoms with Crippen molar-refractivity contribution in [3.05, 3.63) is 30.4 Å². The maximum Gasteiger partial charge on any atom is 0.243 e. The molecule has 0 spiro atoms. The number of hydrogen-bond acceptors (Lipinski definition) is 5. The third-order valence-electron chi connectivity index (χ3n) is 4.31. The maximum atomic E-state index is 5.41. The Hall–Kier alpha value is -1.69. The zero-order valence-corrected chi connectivity index (χ0v) is 12.8. The third-order valence-corrected chi connectivity index (χ3v) is 4.31. The Morgan fingerprint density at radius 2 is 2.19 bits per heavy atom. The van der Waals surface area contributed by atoms with Crippen LogP contribution in [0.3, 0.4) is 0 Å². The average Bonchev–Trinajstić information content (AvgIpc) is 3.19. The van der Waals surface area contributed by atoms with E-state index in [2.05, 4.69) is 44.6 Å². The number of hydrogen-bond donors (Lipinski definition) is 0. The van der Waals surface area contributed by atoms with Crippen molar-refractivity contribution in [3.63, 3.8) is 0 Å². The van der Waals surface area contributed by atoms with Crippen LogP contribution < -0.4 is 0 Å². The van der Waals surface area contributed by atoms with Crippen LogP contribution in [-0.4, -0.2) is 37.7 Å². The van der Waals surface area contributed by atoms with Crippen molar-refractivity contribution in [2.24, 2.45) is 0 Å². The molecule has 3 heterocycles. The lowest BCUT2D eigenvalue weighted by atomic mass is 10.0. The predicted molar refractivity (Wildman–Crippen MR) is 78.8 cm³/mol. The second-order valence-electron chi connectivity index (χ2n) is 5.75. The summed E-state index contributed by atoms with van der Waals surface area (Å²) < 4.78 is 7.63. The number of aryl methyl sites for hydroxylation is 1. The summed E-state index contributed by atoms with van der Waals surface area (Å²) in [6.45, 7) is 6.38. The summed E-state index contributed by atoms with van der Waals surface area (Å²) in [6, 6.07) is 0.765. The van der Waals surface area contributed by atoms with E-state index in [0.29, 0.717) is 6.04 Å². The van der Waals surface area contributed by atoms with E-state index >= 15 is 0 Å². The molecule has 0 aliphatic carbocycles. The number of nitrogens with zero attached hydrogens (tertiary/aromatic N) is 5. The van der Waals surface area contributed by atoms with Crippen LogP contribution in [0, 0.1) is 0 Å². The molecule has 6 nitrogen and oxygen atoms in total. The molecule has 0 N–H and O–H groups in total. The molecule has 3 rings (SSSR count). The van der Waals surface area contributed by atoms with Crippen LogP contribution in [0.25, 0.3) is 0 Å². The highest BCUT2D eigenvalue weighted by atomic mass is 16.5. The van der Waals surface area contributed by atoms with E-state index in [1.807, 2.05) is 12.5 Å². The highest BCUT2D eigenvalue weighted by Crippen LogP contribution is 2.28. The molecule has 1 aliphatic rings. The normalized spacial score (nSPS) is 19.0. The van der Waals surface area contributed by atoms with Gasteiger partial charge in [-0.25, -0.2) is 4.98 Å². The van der Waals surface area contributed by atoms with Crippen molar-refractivity contribution in [1.29, 1.82) is 0 Å². The lowest BCUT2D eigenvalue weighted by Crippen LogP contribution is -2.36. The van der Waals surface area contributed by atoms with Crippen LogP contribution in [0.1, 0.15) is 56.9 Å². The van der Waals surface area contributed by atoms with E-state index in [1.165, 1.54) is 0 Å². The molecule has 114 valence electrons. The molecule has 1 aliphatic heterocycles. The maximum absolute atomic E-state index is 5.41. The van der Waals surface area contributed by atoms with Gasteiger partial charge in [0, 0.05) is 37.9 Å². The first-order chi connectivity index (χ1) is 10.3. The topological polar surface area (TPSA) is 60.0 Å².